The summed E-state index contributed by atoms with van der Waals surface area (Å²) in [7, 11) is 0. The molecule has 2 aromatic carbocycles. The average Bonchev–Trinajstić information content (AvgIpc) is 2.67. The molecule has 1 unspecified atom stereocenters. The number of halogens is 5. The Morgan fingerprint density at radius 3 is 2.17 bits per heavy atom. The SMILES string of the molecule is N#Cc1c(F)cc(C([O-])=NC(c2ccc(Cl)cc2)c2ncc(Cl)cc2F)cc1F. The van der Waals surface area contributed by atoms with Crippen molar-refractivity contribution in [3.05, 3.63) is 98.5 Å². The molecule has 0 N–H and O–H groups in total. The van der Waals surface area contributed by atoms with Crippen molar-refractivity contribution < 1.29 is 18.3 Å². The first kappa shape index (κ1) is 20.6. The van der Waals surface area contributed by atoms with Crippen molar-refractivity contribution in [1.82, 2.24) is 4.98 Å². The Morgan fingerprint density at radius 1 is 1.00 bits per heavy atom. The lowest BCUT2D eigenvalue weighted by Crippen LogP contribution is -2.22. The van der Waals surface area contributed by atoms with Crippen molar-refractivity contribution in [3.8, 4) is 6.07 Å². The molecule has 0 aliphatic rings. The fourth-order valence-electron chi connectivity index (χ4n) is 2.56. The number of pyridine rings is 1. The minimum atomic E-state index is -1.22. The van der Waals surface area contributed by atoms with Crippen LogP contribution in [0.15, 0.2) is 53.7 Å². The first-order valence-electron chi connectivity index (χ1n) is 8.01. The molecular weight excluding hydrogens is 426 g/mol. The van der Waals surface area contributed by atoms with Gasteiger partial charge < -0.3 is 5.11 Å². The Labute approximate surface area is 173 Å². The molecule has 9 heteroatoms. The number of benzene rings is 2. The second-order valence-corrected chi connectivity index (χ2v) is 6.71. The smallest absolute Gasteiger partial charge is 0.148 e. The maximum atomic E-state index is 14.4. The highest BCUT2D eigenvalue weighted by atomic mass is 35.5. The molecule has 1 atom stereocenters. The van der Waals surface area contributed by atoms with Gasteiger partial charge in [-0.2, -0.15) is 5.26 Å². The molecule has 4 nitrogen and oxygen atoms in total. The summed E-state index contributed by atoms with van der Waals surface area (Å²) in [6.07, 6.45) is 1.18. The second-order valence-electron chi connectivity index (χ2n) is 5.84. The van der Waals surface area contributed by atoms with Gasteiger partial charge in [-0.05, 0) is 47.4 Å². The summed E-state index contributed by atoms with van der Waals surface area (Å²) in [5.41, 5.74) is -1.10. The van der Waals surface area contributed by atoms with E-state index in [0.29, 0.717) is 22.7 Å². The van der Waals surface area contributed by atoms with Gasteiger partial charge >= 0.3 is 0 Å². The quantitative estimate of drug-likeness (QED) is 0.445. The van der Waals surface area contributed by atoms with Crippen LogP contribution in [0.5, 0.6) is 0 Å². The minimum Gasteiger partial charge on any atom is -0.858 e. The highest BCUT2D eigenvalue weighted by Crippen LogP contribution is 2.29. The summed E-state index contributed by atoms with van der Waals surface area (Å²) in [6.45, 7) is 0. The Morgan fingerprint density at radius 2 is 1.62 bits per heavy atom. The van der Waals surface area contributed by atoms with Gasteiger partial charge in [0.2, 0.25) is 0 Å². The molecule has 146 valence electrons. The van der Waals surface area contributed by atoms with E-state index in [1.165, 1.54) is 36.5 Å². The maximum Gasteiger partial charge on any atom is 0.148 e. The molecule has 0 spiro atoms. The molecule has 3 rings (SSSR count). The standard InChI is InChI=1S/C20H10Cl2F3N3O/c21-12-3-1-10(2-4-12)18(19-17(25)7-13(22)9-27-19)28-20(29)11-5-15(23)14(8-26)16(24)6-11/h1-7,9,18H,(H,28,29)/p-1. The molecule has 3 aromatic rings. The van der Waals surface area contributed by atoms with E-state index in [0.717, 1.165) is 6.07 Å². The molecule has 0 aliphatic carbocycles. The molecule has 29 heavy (non-hydrogen) atoms. The van der Waals surface area contributed by atoms with Crippen LogP contribution in [0.3, 0.4) is 0 Å². The van der Waals surface area contributed by atoms with Gasteiger partial charge in [-0.25, -0.2) is 13.2 Å². The van der Waals surface area contributed by atoms with Crippen molar-refractivity contribution in [2.75, 3.05) is 0 Å². The average molecular weight is 435 g/mol. The van der Waals surface area contributed by atoms with Crippen LogP contribution in [-0.2, 0) is 0 Å². The van der Waals surface area contributed by atoms with Gasteiger partial charge in [0.15, 0.2) is 0 Å². The Bertz CT molecular complexity index is 1120. The fourth-order valence-corrected chi connectivity index (χ4v) is 2.83. The summed E-state index contributed by atoms with van der Waals surface area (Å²) >= 11 is 11.6. The normalized spacial score (nSPS) is 12.5. The van der Waals surface area contributed by atoms with Crippen LogP contribution in [0.4, 0.5) is 13.2 Å². The summed E-state index contributed by atoms with van der Waals surface area (Å²) in [5, 5.41) is 21.8. The molecule has 1 aromatic heterocycles. The summed E-state index contributed by atoms with van der Waals surface area (Å²) < 4.78 is 42.1. The number of hydrogen-bond acceptors (Lipinski definition) is 4. The second kappa shape index (κ2) is 8.52. The predicted molar refractivity (Wildman–Crippen MR) is 100 cm³/mol. The minimum absolute atomic E-state index is 0.0451. The number of nitrogens with zero attached hydrogens (tertiary/aromatic N) is 3. The molecule has 0 amide bonds. The van der Waals surface area contributed by atoms with Gasteiger partial charge in [0.1, 0.15) is 40.8 Å². The van der Waals surface area contributed by atoms with Gasteiger partial charge in [-0.15, -0.1) is 0 Å². The van der Waals surface area contributed by atoms with Crippen molar-refractivity contribution in [3.63, 3.8) is 0 Å². The van der Waals surface area contributed by atoms with E-state index in [2.05, 4.69) is 9.98 Å². The zero-order valence-electron chi connectivity index (χ0n) is 14.3. The Kier molecular flexibility index (Phi) is 6.06. The van der Waals surface area contributed by atoms with Crippen LogP contribution >= 0.6 is 23.2 Å². The number of aromatic nitrogens is 1. The first-order chi connectivity index (χ1) is 13.8. The van der Waals surface area contributed by atoms with Crippen LogP contribution in [0, 0.1) is 28.8 Å². The maximum absolute atomic E-state index is 14.4. The zero-order chi connectivity index (χ0) is 21.1. The highest BCUT2D eigenvalue weighted by Gasteiger charge is 2.20. The molecule has 1 heterocycles. The summed E-state index contributed by atoms with van der Waals surface area (Å²) in [4.78, 5) is 7.81. The van der Waals surface area contributed by atoms with Crippen LogP contribution in [0.25, 0.3) is 0 Å². The third-order valence-electron chi connectivity index (χ3n) is 3.93. The van der Waals surface area contributed by atoms with Gasteiger partial charge in [0, 0.05) is 11.2 Å². The van der Waals surface area contributed by atoms with E-state index in [9.17, 15) is 18.3 Å². The van der Waals surface area contributed by atoms with E-state index < -0.39 is 40.5 Å². The van der Waals surface area contributed by atoms with Gasteiger partial charge in [-0.3, -0.25) is 9.98 Å². The fraction of sp³-hybridized carbons (Fsp3) is 0.0500. The lowest BCUT2D eigenvalue weighted by atomic mass is 10.0. The zero-order valence-corrected chi connectivity index (χ0v) is 15.8. The predicted octanol–water partition coefficient (Wildman–Crippen LogP) is 4.57. The molecule has 0 radical (unpaired) electrons. The van der Waals surface area contributed by atoms with Crippen molar-refractivity contribution in [1.29, 1.82) is 5.26 Å². The topological polar surface area (TPSA) is 72.1 Å². The third-order valence-corrected chi connectivity index (χ3v) is 4.39. The largest absolute Gasteiger partial charge is 0.858 e. The van der Waals surface area contributed by atoms with Crippen LogP contribution in [0.1, 0.15) is 28.4 Å². The van der Waals surface area contributed by atoms with Crippen molar-refractivity contribution >= 4 is 29.1 Å². The monoisotopic (exact) mass is 434 g/mol. The molecule has 0 fully saturated rings. The number of hydrogen-bond donors (Lipinski definition) is 0. The van der Waals surface area contributed by atoms with Gasteiger partial charge in [0.25, 0.3) is 0 Å². The van der Waals surface area contributed by atoms with E-state index in [1.807, 2.05) is 0 Å². The first-order valence-corrected chi connectivity index (χ1v) is 8.76. The Hall–Kier alpha value is -3.08. The van der Waals surface area contributed by atoms with Crippen LogP contribution in [-0.4, -0.2) is 10.9 Å². The number of rotatable bonds is 4. The van der Waals surface area contributed by atoms with E-state index in [1.54, 1.807) is 0 Å². The summed E-state index contributed by atoms with van der Waals surface area (Å²) in [6, 6.07) is 8.59. The number of aliphatic imine (C=N–C) groups is 1. The highest BCUT2D eigenvalue weighted by molar-refractivity contribution is 6.30. The third kappa shape index (κ3) is 4.50. The summed E-state index contributed by atoms with van der Waals surface area (Å²) in [5.74, 6) is -4.25. The van der Waals surface area contributed by atoms with Gasteiger partial charge in [0.05, 0.1) is 5.02 Å². The van der Waals surface area contributed by atoms with E-state index >= 15 is 0 Å². The van der Waals surface area contributed by atoms with Crippen molar-refractivity contribution in [2.24, 2.45) is 4.99 Å². The van der Waals surface area contributed by atoms with Crippen LogP contribution in [0.2, 0.25) is 10.0 Å². The Balaban J connectivity index is 2.14. The lowest BCUT2D eigenvalue weighted by Gasteiger charge is -2.19. The van der Waals surface area contributed by atoms with Crippen molar-refractivity contribution in [2.45, 2.75) is 6.04 Å². The lowest BCUT2D eigenvalue weighted by molar-refractivity contribution is -0.213. The molecule has 0 saturated heterocycles. The van der Waals surface area contributed by atoms with Crippen LogP contribution < -0.4 is 5.11 Å². The molecule has 0 aliphatic heterocycles. The molecule has 0 bridgehead atoms. The number of nitriles is 1. The van der Waals surface area contributed by atoms with E-state index in [4.69, 9.17) is 28.5 Å². The van der Waals surface area contributed by atoms with Gasteiger partial charge in [-0.1, -0.05) is 35.3 Å². The molecule has 0 saturated carbocycles. The molecular formula is C20H9Cl2F3N3O-. The van der Waals surface area contributed by atoms with E-state index in [-0.39, 0.29) is 10.7 Å².